The van der Waals surface area contributed by atoms with E-state index in [2.05, 4.69) is 26.8 Å². The number of rotatable bonds is 3. The number of nitrogens with two attached hydrogens (primary N) is 1. The van der Waals surface area contributed by atoms with Gasteiger partial charge in [-0.1, -0.05) is 32.9 Å². The molecule has 2 N–H and O–H groups in total. The molecule has 84 valence electrons. The standard InChI is InChI=1S/C13H21NO/c1-5-15-11-8-6-7-10(9-11)12(14)13(2,3)4/h6-9,12H,5,14H2,1-4H3/t12-/m1/s1. The number of ether oxygens (including phenoxy) is 1. The summed E-state index contributed by atoms with van der Waals surface area (Å²) in [5.41, 5.74) is 7.39. The number of benzene rings is 1. The van der Waals surface area contributed by atoms with Crippen LogP contribution in [0.1, 0.15) is 39.3 Å². The van der Waals surface area contributed by atoms with Crippen LogP contribution in [0.5, 0.6) is 5.75 Å². The van der Waals surface area contributed by atoms with Gasteiger partial charge in [0.1, 0.15) is 5.75 Å². The van der Waals surface area contributed by atoms with Gasteiger partial charge in [0, 0.05) is 6.04 Å². The van der Waals surface area contributed by atoms with Crippen LogP contribution in [0.4, 0.5) is 0 Å². The Balaban J connectivity index is 2.90. The summed E-state index contributed by atoms with van der Waals surface area (Å²) in [6, 6.07) is 8.07. The first-order chi connectivity index (χ1) is 6.95. The van der Waals surface area contributed by atoms with E-state index in [1.165, 1.54) is 0 Å². The van der Waals surface area contributed by atoms with Crippen molar-refractivity contribution in [2.75, 3.05) is 6.61 Å². The SMILES string of the molecule is CCOc1cccc([C@@H](N)C(C)(C)C)c1. The van der Waals surface area contributed by atoms with Crippen molar-refractivity contribution in [3.05, 3.63) is 29.8 Å². The van der Waals surface area contributed by atoms with E-state index >= 15 is 0 Å². The van der Waals surface area contributed by atoms with E-state index < -0.39 is 0 Å². The Labute approximate surface area is 92.4 Å². The van der Waals surface area contributed by atoms with E-state index in [0.29, 0.717) is 6.61 Å². The molecule has 1 rings (SSSR count). The van der Waals surface area contributed by atoms with Crippen molar-refractivity contribution in [1.29, 1.82) is 0 Å². The van der Waals surface area contributed by atoms with Crippen molar-refractivity contribution < 1.29 is 4.74 Å². The predicted octanol–water partition coefficient (Wildman–Crippen LogP) is 3.13. The number of hydrogen-bond acceptors (Lipinski definition) is 2. The van der Waals surface area contributed by atoms with Crippen molar-refractivity contribution >= 4 is 0 Å². The number of hydrogen-bond donors (Lipinski definition) is 1. The quantitative estimate of drug-likeness (QED) is 0.826. The van der Waals surface area contributed by atoms with E-state index in [1.807, 2.05) is 25.1 Å². The van der Waals surface area contributed by atoms with Crippen molar-refractivity contribution in [3.63, 3.8) is 0 Å². The molecule has 0 bridgehead atoms. The van der Waals surface area contributed by atoms with Gasteiger partial charge < -0.3 is 10.5 Å². The fourth-order valence-electron chi connectivity index (χ4n) is 1.46. The lowest BCUT2D eigenvalue weighted by Crippen LogP contribution is -2.26. The molecule has 0 aliphatic carbocycles. The zero-order valence-electron chi connectivity index (χ0n) is 10.1. The molecular formula is C13H21NO. The smallest absolute Gasteiger partial charge is 0.119 e. The van der Waals surface area contributed by atoms with Crippen molar-refractivity contribution in [3.8, 4) is 5.75 Å². The molecule has 1 aromatic rings. The lowest BCUT2D eigenvalue weighted by atomic mass is 9.83. The first-order valence-corrected chi connectivity index (χ1v) is 5.43. The lowest BCUT2D eigenvalue weighted by molar-refractivity contribution is 0.321. The van der Waals surface area contributed by atoms with Gasteiger partial charge in [-0.15, -0.1) is 0 Å². The molecule has 15 heavy (non-hydrogen) atoms. The fourth-order valence-corrected chi connectivity index (χ4v) is 1.46. The lowest BCUT2D eigenvalue weighted by Gasteiger charge is -2.27. The molecule has 0 amide bonds. The second-order valence-electron chi connectivity index (χ2n) is 4.85. The van der Waals surface area contributed by atoms with Gasteiger partial charge in [0.2, 0.25) is 0 Å². The highest BCUT2D eigenvalue weighted by molar-refractivity contribution is 5.31. The van der Waals surface area contributed by atoms with E-state index in [0.717, 1.165) is 11.3 Å². The predicted molar refractivity (Wildman–Crippen MR) is 64.0 cm³/mol. The van der Waals surface area contributed by atoms with Crippen LogP contribution in [-0.4, -0.2) is 6.61 Å². The average Bonchev–Trinajstić information content (AvgIpc) is 2.16. The Morgan fingerprint density at radius 2 is 2.00 bits per heavy atom. The van der Waals surface area contributed by atoms with Gasteiger partial charge in [0.05, 0.1) is 6.61 Å². The van der Waals surface area contributed by atoms with Gasteiger partial charge in [-0.3, -0.25) is 0 Å². The third-order valence-corrected chi connectivity index (χ3v) is 2.46. The minimum absolute atomic E-state index is 0.0397. The molecule has 0 aliphatic heterocycles. The van der Waals surface area contributed by atoms with Crippen LogP contribution >= 0.6 is 0 Å². The van der Waals surface area contributed by atoms with Gasteiger partial charge in [-0.25, -0.2) is 0 Å². The minimum Gasteiger partial charge on any atom is -0.494 e. The highest BCUT2D eigenvalue weighted by Crippen LogP contribution is 2.31. The molecule has 0 aromatic heterocycles. The molecule has 0 unspecified atom stereocenters. The zero-order chi connectivity index (χ0) is 11.5. The van der Waals surface area contributed by atoms with Crippen LogP contribution in [0.3, 0.4) is 0 Å². The van der Waals surface area contributed by atoms with Gasteiger partial charge in [0.25, 0.3) is 0 Å². The Morgan fingerprint density at radius 3 is 2.53 bits per heavy atom. The Bertz CT molecular complexity index is 315. The van der Waals surface area contributed by atoms with Crippen LogP contribution in [0.25, 0.3) is 0 Å². The summed E-state index contributed by atoms with van der Waals surface area (Å²) in [5.74, 6) is 0.898. The zero-order valence-corrected chi connectivity index (χ0v) is 10.1. The third kappa shape index (κ3) is 3.24. The molecule has 2 heteroatoms. The Morgan fingerprint density at radius 1 is 1.33 bits per heavy atom. The van der Waals surface area contributed by atoms with Crippen molar-refractivity contribution in [2.24, 2.45) is 11.1 Å². The first-order valence-electron chi connectivity index (χ1n) is 5.43. The van der Waals surface area contributed by atoms with Gasteiger partial charge in [-0.05, 0) is 30.0 Å². The average molecular weight is 207 g/mol. The van der Waals surface area contributed by atoms with Crippen LogP contribution in [0.2, 0.25) is 0 Å². The van der Waals surface area contributed by atoms with Crippen LogP contribution < -0.4 is 10.5 Å². The van der Waals surface area contributed by atoms with E-state index in [9.17, 15) is 0 Å². The summed E-state index contributed by atoms with van der Waals surface area (Å²) in [5, 5.41) is 0. The highest BCUT2D eigenvalue weighted by Gasteiger charge is 2.22. The summed E-state index contributed by atoms with van der Waals surface area (Å²) in [4.78, 5) is 0. The monoisotopic (exact) mass is 207 g/mol. The molecule has 0 aliphatic rings. The van der Waals surface area contributed by atoms with Crippen molar-refractivity contribution in [1.82, 2.24) is 0 Å². The molecule has 1 aromatic carbocycles. The van der Waals surface area contributed by atoms with Crippen LogP contribution in [0, 0.1) is 5.41 Å². The molecule has 1 atom stereocenters. The normalized spacial score (nSPS) is 13.7. The van der Waals surface area contributed by atoms with Crippen LogP contribution in [0.15, 0.2) is 24.3 Å². The Hall–Kier alpha value is -1.02. The van der Waals surface area contributed by atoms with Crippen LogP contribution in [-0.2, 0) is 0 Å². The van der Waals surface area contributed by atoms with Gasteiger partial charge >= 0.3 is 0 Å². The topological polar surface area (TPSA) is 35.2 Å². The second-order valence-corrected chi connectivity index (χ2v) is 4.85. The summed E-state index contributed by atoms with van der Waals surface area (Å²) < 4.78 is 5.45. The molecule has 0 saturated carbocycles. The molecular weight excluding hydrogens is 186 g/mol. The highest BCUT2D eigenvalue weighted by atomic mass is 16.5. The molecule has 0 saturated heterocycles. The molecule has 2 nitrogen and oxygen atoms in total. The molecule has 0 heterocycles. The molecule has 0 radical (unpaired) electrons. The van der Waals surface area contributed by atoms with E-state index in [4.69, 9.17) is 10.5 Å². The molecule has 0 spiro atoms. The van der Waals surface area contributed by atoms with Gasteiger partial charge in [0.15, 0.2) is 0 Å². The Kier molecular flexibility index (Phi) is 3.75. The summed E-state index contributed by atoms with van der Waals surface area (Å²) in [7, 11) is 0. The first kappa shape index (κ1) is 12.1. The maximum atomic E-state index is 6.18. The van der Waals surface area contributed by atoms with E-state index in [-0.39, 0.29) is 11.5 Å². The summed E-state index contributed by atoms with van der Waals surface area (Å²) in [6.07, 6.45) is 0. The maximum Gasteiger partial charge on any atom is 0.119 e. The largest absolute Gasteiger partial charge is 0.494 e. The summed E-state index contributed by atoms with van der Waals surface area (Å²) in [6.45, 7) is 9.10. The summed E-state index contributed by atoms with van der Waals surface area (Å²) >= 11 is 0. The minimum atomic E-state index is 0.0397. The second kappa shape index (κ2) is 4.67. The third-order valence-electron chi connectivity index (χ3n) is 2.46. The maximum absolute atomic E-state index is 6.18. The van der Waals surface area contributed by atoms with Crippen molar-refractivity contribution in [2.45, 2.75) is 33.7 Å². The molecule has 0 fully saturated rings. The van der Waals surface area contributed by atoms with E-state index in [1.54, 1.807) is 0 Å². The fraction of sp³-hybridized carbons (Fsp3) is 0.538. The van der Waals surface area contributed by atoms with Gasteiger partial charge in [-0.2, -0.15) is 0 Å².